The van der Waals surface area contributed by atoms with Crippen molar-refractivity contribution in [3.05, 3.63) is 67.6 Å². The first kappa shape index (κ1) is 13.8. The number of halogens is 2. The molecule has 98 valence electrons. The molecule has 2 aromatic carbocycles. The Kier molecular flexibility index (Phi) is 4.39. The normalized spacial score (nSPS) is 10.2. The Morgan fingerprint density at radius 3 is 2.63 bits per heavy atom. The Bertz CT molecular complexity index is 619. The number of hydrogen-bond acceptors (Lipinski definition) is 3. The maximum Gasteiger partial charge on any atom is 0.312 e. The summed E-state index contributed by atoms with van der Waals surface area (Å²) in [6.07, 6.45) is 0. The molecule has 0 heterocycles. The molecule has 19 heavy (non-hydrogen) atoms. The van der Waals surface area contributed by atoms with Crippen LogP contribution in [0.4, 0.5) is 5.69 Å². The number of nitrogens with zero attached hydrogens (tertiary/aromatic N) is 1. The highest BCUT2D eigenvalue weighted by atomic mass is 79.9. The van der Waals surface area contributed by atoms with Gasteiger partial charge in [-0.2, -0.15) is 0 Å². The van der Waals surface area contributed by atoms with Crippen molar-refractivity contribution in [3.8, 4) is 5.75 Å². The molecule has 0 spiro atoms. The molecule has 0 N–H and O–H groups in total. The van der Waals surface area contributed by atoms with E-state index in [0.717, 1.165) is 10.0 Å². The van der Waals surface area contributed by atoms with Crippen molar-refractivity contribution in [2.45, 2.75) is 6.61 Å². The quantitative estimate of drug-likeness (QED) is 0.603. The highest BCUT2D eigenvalue weighted by Crippen LogP contribution is 2.35. The van der Waals surface area contributed by atoms with E-state index in [1.54, 1.807) is 6.07 Å². The maximum absolute atomic E-state index is 10.9. The van der Waals surface area contributed by atoms with Gasteiger partial charge in [0, 0.05) is 16.1 Å². The summed E-state index contributed by atoms with van der Waals surface area (Å²) >= 11 is 9.33. The van der Waals surface area contributed by atoms with Crippen LogP contribution in [-0.2, 0) is 6.61 Å². The van der Waals surface area contributed by atoms with Gasteiger partial charge in [0.05, 0.1) is 9.95 Å². The molecule has 0 aliphatic carbocycles. The van der Waals surface area contributed by atoms with Gasteiger partial charge in [0.2, 0.25) is 5.75 Å². The summed E-state index contributed by atoms with van der Waals surface area (Å²) in [6, 6.07) is 11.9. The number of para-hydroxylation sites is 1. The first-order valence-electron chi connectivity index (χ1n) is 5.38. The third-order valence-corrected chi connectivity index (χ3v) is 3.54. The van der Waals surface area contributed by atoms with E-state index in [0.29, 0.717) is 0 Å². The van der Waals surface area contributed by atoms with E-state index in [1.165, 1.54) is 12.1 Å². The number of nitro groups is 1. The number of benzene rings is 2. The SMILES string of the molecule is O=[N+]([O-])c1cccc(Cl)c1OCc1ccccc1Br. The summed E-state index contributed by atoms with van der Waals surface area (Å²) in [7, 11) is 0. The van der Waals surface area contributed by atoms with E-state index in [2.05, 4.69) is 15.9 Å². The lowest BCUT2D eigenvalue weighted by atomic mass is 10.2. The van der Waals surface area contributed by atoms with Gasteiger partial charge in [-0.15, -0.1) is 0 Å². The topological polar surface area (TPSA) is 52.4 Å². The van der Waals surface area contributed by atoms with Crippen LogP contribution in [0.5, 0.6) is 5.75 Å². The van der Waals surface area contributed by atoms with Crippen molar-refractivity contribution in [1.29, 1.82) is 0 Å². The van der Waals surface area contributed by atoms with Crippen molar-refractivity contribution in [2.24, 2.45) is 0 Å². The number of nitro benzene ring substituents is 1. The molecule has 0 aromatic heterocycles. The van der Waals surface area contributed by atoms with Crippen LogP contribution < -0.4 is 4.74 Å². The van der Waals surface area contributed by atoms with Gasteiger partial charge in [0.15, 0.2) is 0 Å². The smallest absolute Gasteiger partial charge is 0.312 e. The van der Waals surface area contributed by atoms with Crippen molar-refractivity contribution >= 4 is 33.2 Å². The zero-order valence-corrected chi connectivity index (χ0v) is 12.0. The van der Waals surface area contributed by atoms with Gasteiger partial charge in [-0.1, -0.05) is 51.8 Å². The molecule has 2 rings (SSSR count). The molecule has 0 aliphatic rings. The van der Waals surface area contributed by atoms with Crippen LogP contribution in [0.1, 0.15) is 5.56 Å². The second-order valence-electron chi connectivity index (χ2n) is 3.73. The summed E-state index contributed by atoms with van der Waals surface area (Å²) in [4.78, 5) is 10.4. The maximum atomic E-state index is 10.9. The number of hydrogen-bond donors (Lipinski definition) is 0. The molecular weight excluding hydrogens is 334 g/mol. The molecule has 0 amide bonds. The lowest BCUT2D eigenvalue weighted by Gasteiger charge is -2.09. The number of rotatable bonds is 4. The van der Waals surface area contributed by atoms with Crippen molar-refractivity contribution in [2.75, 3.05) is 0 Å². The zero-order valence-electron chi connectivity index (χ0n) is 9.68. The van der Waals surface area contributed by atoms with Gasteiger partial charge in [-0.3, -0.25) is 10.1 Å². The molecule has 0 unspecified atom stereocenters. The molecule has 0 aliphatic heterocycles. The minimum Gasteiger partial charge on any atom is -0.481 e. The van der Waals surface area contributed by atoms with E-state index in [9.17, 15) is 10.1 Å². The van der Waals surface area contributed by atoms with E-state index < -0.39 is 4.92 Å². The van der Waals surface area contributed by atoms with Crippen LogP contribution in [0, 0.1) is 10.1 Å². The monoisotopic (exact) mass is 341 g/mol. The molecule has 0 bridgehead atoms. The minimum absolute atomic E-state index is 0.0879. The summed E-state index contributed by atoms with van der Waals surface area (Å²) in [5, 5.41) is 11.1. The molecule has 6 heteroatoms. The van der Waals surface area contributed by atoms with Crippen molar-refractivity contribution in [1.82, 2.24) is 0 Å². The van der Waals surface area contributed by atoms with Crippen LogP contribution in [0.3, 0.4) is 0 Å². The van der Waals surface area contributed by atoms with Crippen LogP contribution in [0.25, 0.3) is 0 Å². The molecule has 2 aromatic rings. The highest BCUT2D eigenvalue weighted by Gasteiger charge is 2.18. The van der Waals surface area contributed by atoms with Crippen LogP contribution in [0.2, 0.25) is 5.02 Å². The zero-order chi connectivity index (χ0) is 13.8. The number of ether oxygens (including phenoxy) is 1. The van der Waals surface area contributed by atoms with Crippen molar-refractivity contribution in [3.63, 3.8) is 0 Å². The average molecular weight is 343 g/mol. The Labute approximate surface area is 123 Å². The standard InChI is InChI=1S/C13H9BrClNO3/c14-10-5-2-1-4-9(10)8-19-13-11(15)6-3-7-12(13)16(17)18/h1-7H,8H2. The first-order chi connectivity index (χ1) is 9.09. The largest absolute Gasteiger partial charge is 0.481 e. The van der Waals surface area contributed by atoms with E-state index in [4.69, 9.17) is 16.3 Å². The van der Waals surface area contributed by atoms with Crippen LogP contribution in [-0.4, -0.2) is 4.92 Å². The fourth-order valence-corrected chi connectivity index (χ4v) is 2.17. The van der Waals surface area contributed by atoms with Gasteiger partial charge in [-0.25, -0.2) is 0 Å². The summed E-state index contributed by atoms with van der Waals surface area (Å²) < 4.78 is 6.37. The predicted octanol–water partition coefficient (Wildman–Crippen LogP) is 4.59. The Hall–Kier alpha value is -1.59. The molecule has 0 saturated heterocycles. The highest BCUT2D eigenvalue weighted by molar-refractivity contribution is 9.10. The third kappa shape index (κ3) is 3.24. The lowest BCUT2D eigenvalue weighted by molar-refractivity contribution is -0.385. The van der Waals surface area contributed by atoms with Gasteiger partial charge >= 0.3 is 5.69 Å². The van der Waals surface area contributed by atoms with Gasteiger partial charge in [0.1, 0.15) is 6.61 Å². The van der Waals surface area contributed by atoms with Crippen LogP contribution >= 0.6 is 27.5 Å². The van der Waals surface area contributed by atoms with Gasteiger partial charge in [-0.05, 0) is 12.1 Å². The van der Waals surface area contributed by atoms with Crippen LogP contribution in [0.15, 0.2) is 46.9 Å². The lowest BCUT2D eigenvalue weighted by Crippen LogP contribution is -2.00. The Morgan fingerprint density at radius 1 is 1.21 bits per heavy atom. The fourth-order valence-electron chi connectivity index (χ4n) is 1.55. The minimum atomic E-state index is -0.513. The van der Waals surface area contributed by atoms with E-state index in [-0.39, 0.29) is 23.1 Å². The third-order valence-electron chi connectivity index (χ3n) is 2.47. The Morgan fingerprint density at radius 2 is 1.95 bits per heavy atom. The predicted molar refractivity (Wildman–Crippen MR) is 76.6 cm³/mol. The van der Waals surface area contributed by atoms with Crippen molar-refractivity contribution < 1.29 is 9.66 Å². The first-order valence-corrected chi connectivity index (χ1v) is 6.56. The van der Waals surface area contributed by atoms with E-state index in [1.807, 2.05) is 24.3 Å². The second kappa shape index (κ2) is 6.04. The average Bonchev–Trinajstić information content (AvgIpc) is 2.38. The Balaban J connectivity index is 2.25. The van der Waals surface area contributed by atoms with Gasteiger partial charge < -0.3 is 4.74 Å². The second-order valence-corrected chi connectivity index (χ2v) is 4.99. The molecule has 0 saturated carbocycles. The molecular formula is C13H9BrClNO3. The molecule has 0 radical (unpaired) electrons. The van der Waals surface area contributed by atoms with E-state index >= 15 is 0 Å². The molecule has 0 fully saturated rings. The summed E-state index contributed by atoms with van der Waals surface area (Å²) in [5.41, 5.74) is 0.747. The fraction of sp³-hybridized carbons (Fsp3) is 0.0769. The van der Waals surface area contributed by atoms with Gasteiger partial charge in [0.25, 0.3) is 0 Å². The summed E-state index contributed by atoms with van der Waals surface area (Å²) in [5.74, 6) is 0.0879. The molecule has 4 nitrogen and oxygen atoms in total. The molecule has 0 atom stereocenters. The summed E-state index contributed by atoms with van der Waals surface area (Å²) in [6.45, 7) is 0.200.